The minimum absolute atomic E-state index is 0.0950. The van der Waals surface area contributed by atoms with Crippen molar-refractivity contribution in [2.75, 3.05) is 22.1 Å². The summed E-state index contributed by atoms with van der Waals surface area (Å²) in [6.45, 7) is 6.65. The molecule has 0 aliphatic carbocycles. The number of hydrogen-bond acceptors (Lipinski definition) is 3. The van der Waals surface area contributed by atoms with Gasteiger partial charge in [-0.15, -0.1) is 0 Å². The SMILES string of the molecule is CC(=O)Nc1ccc(N(CC(=O)Nc2cccc(C)c2C)C(C)=O)cc1. The number of rotatable bonds is 5. The highest BCUT2D eigenvalue weighted by molar-refractivity contribution is 6.02. The van der Waals surface area contributed by atoms with Crippen molar-refractivity contribution in [2.45, 2.75) is 27.7 Å². The Hall–Kier alpha value is -3.15. The van der Waals surface area contributed by atoms with Crippen molar-refractivity contribution < 1.29 is 14.4 Å². The zero-order valence-corrected chi connectivity index (χ0v) is 15.4. The Kier molecular flexibility index (Phi) is 6.11. The van der Waals surface area contributed by atoms with Gasteiger partial charge in [-0.05, 0) is 55.3 Å². The molecule has 2 aromatic carbocycles. The quantitative estimate of drug-likeness (QED) is 0.866. The average molecular weight is 353 g/mol. The lowest BCUT2D eigenvalue weighted by Crippen LogP contribution is -2.36. The van der Waals surface area contributed by atoms with Gasteiger partial charge in [-0.1, -0.05) is 12.1 Å². The number of nitrogens with one attached hydrogen (secondary N) is 2. The van der Waals surface area contributed by atoms with Gasteiger partial charge in [0.05, 0.1) is 0 Å². The van der Waals surface area contributed by atoms with Crippen LogP contribution in [0, 0.1) is 13.8 Å². The predicted octanol–water partition coefficient (Wildman–Crippen LogP) is 3.25. The molecule has 26 heavy (non-hydrogen) atoms. The maximum atomic E-state index is 12.4. The topological polar surface area (TPSA) is 78.5 Å². The molecule has 0 aromatic heterocycles. The number of hydrogen-bond donors (Lipinski definition) is 2. The minimum atomic E-state index is -0.278. The van der Waals surface area contributed by atoms with E-state index < -0.39 is 0 Å². The first-order valence-electron chi connectivity index (χ1n) is 8.29. The van der Waals surface area contributed by atoms with E-state index in [1.807, 2.05) is 32.0 Å². The van der Waals surface area contributed by atoms with E-state index in [0.717, 1.165) is 16.8 Å². The third-order valence-electron chi connectivity index (χ3n) is 4.06. The molecule has 0 spiro atoms. The standard InChI is InChI=1S/C20H23N3O3/c1-13-6-5-7-19(14(13)2)22-20(26)12-23(16(4)25)18-10-8-17(9-11-18)21-15(3)24/h5-11H,12H2,1-4H3,(H,21,24)(H,22,26). The number of nitrogens with zero attached hydrogens (tertiary/aromatic N) is 1. The number of amides is 3. The summed E-state index contributed by atoms with van der Waals surface area (Å²) in [4.78, 5) is 36.9. The van der Waals surface area contributed by atoms with Gasteiger partial charge in [0.1, 0.15) is 6.54 Å². The van der Waals surface area contributed by atoms with Crippen LogP contribution in [0.2, 0.25) is 0 Å². The van der Waals surface area contributed by atoms with Gasteiger partial charge < -0.3 is 15.5 Å². The van der Waals surface area contributed by atoms with E-state index >= 15 is 0 Å². The third kappa shape index (κ3) is 4.92. The zero-order chi connectivity index (χ0) is 19.3. The lowest BCUT2D eigenvalue weighted by atomic mass is 10.1. The van der Waals surface area contributed by atoms with Crippen LogP contribution in [0.3, 0.4) is 0 Å². The van der Waals surface area contributed by atoms with E-state index in [1.165, 1.54) is 18.7 Å². The summed E-state index contributed by atoms with van der Waals surface area (Å²) in [6.07, 6.45) is 0. The normalized spacial score (nSPS) is 10.2. The first-order chi connectivity index (χ1) is 12.3. The molecule has 0 aliphatic rings. The molecule has 0 atom stereocenters. The van der Waals surface area contributed by atoms with Crippen LogP contribution in [-0.4, -0.2) is 24.3 Å². The number of anilines is 3. The second-order valence-corrected chi connectivity index (χ2v) is 6.13. The summed E-state index contributed by atoms with van der Waals surface area (Å²) in [5.74, 6) is -0.692. The van der Waals surface area contributed by atoms with Crippen molar-refractivity contribution in [1.29, 1.82) is 0 Å². The lowest BCUT2D eigenvalue weighted by molar-refractivity contribution is -0.120. The summed E-state index contributed by atoms with van der Waals surface area (Å²) in [7, 11) is 0. The van der Waals surface area contributed by atoms with Crippen LogP contribution in [0.25, 0.3) is 0 Å². The molecule has 0 fully saturated rings. The summed E-state index contributed by atoms with van der Waals surface area (Å²) in [5, 5.41) is 5.52. The van der Waals surface area contributed by atoms with Gasteiger partial charge in [-0.2, -0.15) is 0 Å². The van der Waals surface area contributed by atoms with E-state index in [4.69, 9.17) is 0 Å². The van der Waals surface area contributed by atoms with E-state index in [2.05, 4.69) is 10.6 Å². The van der Waals surface area contributed by atoms with E-state index in [0.29, 0.717) is 11.4 Å². The van der Waals surface area contributed by atoms with Crippen LogP contribution < -0.4 is 15.5 Å². The summed E-state index contributed by atoms with van der Waals surface area (Å²) in [6, 6.07) is 12.5. The molecule has 2 aromatic rings. The van der Waals surface area contributed by atoms with Crippen LogP contribution in [0.5, 0.6) is 0 Å². The Morgan fingerprint density at radius 2 is 1.58 bits per heavy atom. The largest absolute Gasteiger partial charge is 0.326 e. The average Bonchev–Trinajstić information content (AvgIpc) is 2.57. The third-order valence-corrected chi connectivity index (χ3v) is 4.06. The number of carbonyl (C=O) groups excluding carboxylic acids is 3. The van der Waals surface area contributed by atoms with Gasteiger partial charge in [-0.25, -0.2) is 0 Å². The van der Waals surface area contributed by atoms with Gasteiger partial charge >= 0.3 is 0 Å². The second-order valence-electron chi connectivity index (χ2n) is 6.13. The molecular formula is C20H23N3O3. The number of aryl methyl sites for hydroxylation is 1. The van der Waals surface area contributed by atoms with Crippen molar-refractivity contribution in [3.63, 3.8) is 0 Å². The van der Waals surface area contributed by atoms with E-state index in [-0.39, 0.29) is 24.3 Å². The Bertz CT molecular complexity index is 829. The molecule has 2 rings (SSSR count). The molecule has 0 bridgehead atoms. The van der Waals surface area contributed by atoms with Crippen LogP contribution in [0.4, 0.5) is 17.1 Å². The summed E-state index contributed by atoms with van der Waals surface area (Å²) < 4.78 is 0. The highest BCUT2D eigenvalue weighted by atomic mass is 16.2. The van der Waals surface area contributed by atoms with Crippen molar-refractivity contribution in [1.82, 2.24) is 0 Å². The molecule has 136 valence electrons. The van der Waals surface area contributed by atoms with Gasteiger partial charge in [0.25, 0.3) is 0 Å². The molecule has 2 N–H and O–H groups in total. The molecule has 0 saturated carbocycles. The first kappa shape index (κ1) is 19.2. The fourth-order valence-corrected chi connectivity index (χ4v) is 2.53. The monoisotopic (exact) mass is 353 g/mol. The van der Waals surface area contributed by atoms with Crippen molar-refractivity contribution in [2.24, 2.45) is 0 Å². The van der Waals surface area contributed by atoms with Crippen LogP contribution in [0.1, 0.15) is 25.0 Å². The highest BCUT2D eigenvalue weighted by Gasteiger charge is 2.16. The molecule has 6 nitrogen and oxygen atoms in total. The van der Waals surface area contributed by atoms with Crippen molar-refractivity contribution >= 4 is 34.8 Å². The predicted molar refractivity (Wildman–Crippen MR) is 103 cm³/mol. The maximum Gasteiger partial charge on any atom is 0.244 e. The van der Waals surface area contributed by atoms with Gasteiger partial charge in [0.2, 0.25) is 17.7 Å². The fourth-order valence-electron chi connectivity index (χ4n) is 2.53. The maximum absolute atomic E-state index is 12.4. The Morgan fingerprint density at radius 3 is 2.15 bits per heavy atom. The molecular weight excluding hydrogens is 330 g/mol. The summed E-state index contributed by atoms with van der Waals surface area (Å²) >= 11 is 0. The van der Waals surface area contributed by atoms with Crippen LogP contribution in [0.15, 0.2) is 42.5 Å². The van der Waals surface area contributed by atoms with Gasteiger partial charge in [0.15, 0.2) is 0 Å². The zero-order valence-electron chi connectivity index (χ0n) is 15.4. The second kappa shape index (κ2) is 8.29. The van der Waals surface area contributed by atoms with E-state index in [1.54, 1.807) is 24.3 Å². The molecule has 6 heteroatoms. The van der Waals surface area contributed by atoms with Crippen LogP contribution >= 0.6 is 0 Å². The lowest BCUT2D eigenvalue weighted by Gasteiger charge is -2.21. The Labute approximate surface area is 153 Å². The Balaban J connectivity index is 2.12. The van der Waals surface area contributed by atoms with Crippen molar-refractivity contribution in [3.8, 4) is 0 Å². The molecule has 0 unspecified atom stereocenters. The molecule has 0 heterocycles. The summed E-state index contributed by atoms with van der Waals surface area (Å²) in [5.41, 5.74) is 4.03. The molecule has 0 aliphatic heterocycles. The fraction of sp³-hybridized carbons (Fsp3) is 0.250. The first-order valence-corrected chi connectivity index (χ1v) is 8.29. The van der Waals surface area contributed by atoms with Gasteiger partial charge in [-0.3, -0.25) is 14.4 Å². The molecule has 0 radical (unpaired) electrons. The smallest absolute Gasteiger partial charge is 0.244 e. The van der Waals surface area contributed by atoms with Gasteiger partial charge in [0, 0.05) is 30.9 Å². The number of benzene rings is 2. The highest BCUT2D eigenvalue weighted by Crippen LogP contribution is 2.20. The van der Waals surface area contributed by atoms with E-state index in [9.17, 15) is 14.4 Å². The van der Waals surface area contributed by atoms with Crippen molar-refractivity contribution in [3.05, 3.63) is 53.6 Å². The molecule has 3 amide bonds. The number of carbonyl (C=O) groups is 3. The minimum Gasteiger partial charge on any atom is -0.326 e. The Morgan fingerprint density at radius 1 is 0.923 bits per heavy atom. The molecule has 0 saturated heterocycles. The van der Waals surface area contributed by atoms with Crippen LogP contribution in [-0.2, 0) is 14.4 Å².